The summed E-state index contributed by atoms with van der Waals surface area (Å²) in [6.45, 7) is -0.165. The van der Waals surface area contributed by atoms with Gasteiger partial charge in [-0.25, -0.2) is 9.37 Å². The fourth-order valence-electron chi connectivity index (χ4n) is 3.31. The quantitative estimate of drug-likeness (QED) is 0.647. The van der Waals surface area contributed by atoms with E-state index in [0.29, 0.717) is 10.9 Å². The summed E-state index contributed by atoms with van der Waals surface area (Å²) < 4.78 is 49.0. The maximum absolute atomic E-state index is 13.4. The number of hydrogen-bond acceptors (Lipinski definition) is 6. The van der Waals surface area contributed by atoms with E-state index >= 15 is 0 Å². The molecule has 160 valence electrons. The summed E-state index contributed by atoms with van der Waals surface area (Å²) in [5.74, 6) is 0.390. The summed E-state index contributed by atoms with van der Waals surface area (Å²) >= 11 is 0. The minimum Gasteiger partial charge on any atom is -0.456 e. The molecule has 4 rings (SSSR count). The molecule has 9 nitrogen and oxygen atoms in total. The zero-order valence-corrected chi connectivity index (χ0v) is 17.3. The van der Waals surface area contributed by atoms with Crippen molar-refractivity contribution < 1.29 is 17.5 Å². The van der Waals surface area contributed by atoms with Gasteiger partial charge in [0.25, 0.3) is 5.56 Å². The van der Waals surface area contributed by atoms with Crippen LogP contribution in [0, 0.1) is 11.3 Å². The van der Waals surface area contributed by atoms with Crippen molar-refractivity contribution in [1.82, 2.24) is 13.9 Å². The van der Waals surface area contributed by atoms with Crippen LogP contribution in [0.1, 0.15) is 12.0 Å². The molecule has 1 atom stereocenters. The van der Waals surface area contributed by atoms with E-state index in [2.05, 4.69) is 9.71 Å². The van der Waals surface area contributed by atoms with E-state index in [-0.39, 0.29) is 47.8 Å². The molecule has 0 spiro atoms. The van der Waals surface area contributed by atoms with Gasteiger partial charge in [0, 0.05) is 20.1 Å². The van der Waals surface area contributed by atoms with Gasteiger partial charge in [-0.15, -0.1) is 0 Å². The molecular weight excluding hydrogens is 425 g/mol. The third kappa shape index (κ3) is 4.08. The number of halogens is 1. The molecule has 2 heterocycles. The van der Waals surface area contributed by atoms with Gasteiger partial charge >= 0.3 is 10.2 Å². The molecule has 0 unspecified atom stereocenters. The Bertz CT molecular complexity index is 1370. The van der Waals surface area contributed by atoms with Crippen molar-refractivity contribution >= 4 is 26.8 Å². The molecule has 0 aliphatic carbocycles. The third-order valence-corrected chi connectivity index (χ3v) is 6.42. The van der Waals surface area contributed by atoms with Crippen LogP contribution >= 0.6 is 0 Å². The highest BCUT2D eigenvalue weighted by molar-refractivity contribution is 7.90. The normalized spacial score (nSPS) is 16.9. The van der Waals surface area contributed by atoms with Crippen LogP contribution in [-0.2, 0) is 17.3 Å². The van der Waals surface area contributed by atoms with Crippen molar-refractivity contribution in [2.45, 2.75) is 12.6 Å². The van der Waals surface area contributed by atoms with E-state index in [1.54, 1.807) is 19.2 Å². The number of rotatable bonds is 5. The lowest BCUT2D eigenvalue weighted by molar-refractivity contribution is 0.343. The monoisotopic (exact) mass is 443 g/mol. The molecule has 0 saturated carbocycles. The smallest absolute Gasteiger partial charge is 0.301 e. The van der Waals surface area contributed by atoms with Gasteiger partial charge in [0.05, 0.1) is 22.9 Å². The predicted molar refractivity (Wildman–Crippen MR) is 112 cm³/mol. The van der Waals surface area contributed by atoms with Crippen LogP contribution in [0.15, 0.2) is 47.5 Å². The van der Waals surface area contributed by atoms with Crippen LogP contribution in [0.2, 0.25) is 0 Å². The Hall–Kier alpha value is -3.49. The van der Waals surface area contributed by atoms with Gasteiger partial charge in [0.1, 0.15) is 29.3 Å². The molecule has 1 aliphatic rings. The van der Waals surface area contributed by atoms with E-state index in [9.17, 15) is 22.9 Å². The van der Waals surface area contributed by atoms with Crippen molar-refractivity contribution in [1.29, 1.82) is 5.26 Å². The minimum atomic E-state index is -4.02. The van der Waals surface area contributed by atoms with Gasteiger partial charge in [0.2, 0.25) is 0 Å². The molecule has 31 heavy (non-hydrogen) atoms. The lowest BCUT2D eigenvalue weighted by atomic mass is 10.2. The van der Waals surface area contributed by atoms with E-state index < -0.39 is 16.4 Å². The number of anilines is 1. The fourth-order valence-corrected chi connectivity index (χ4v) is 4.59. The standard InChI is InChI=1S/C20H18FN5O4S/c1-25-12-23-17-6-5-14(9-15(17)20(25)27)30-19-4-2-3-18(16(19)10-22)24-31(28,29)26-8-7-13(21)11-26/h2-6,9,12-13,24H,7-8,11H2,1H3/t13-/m1/s1. The molecule has 2 aromatic carbocycles. The Morgan fingerprint density at radius 2 is 2.13 bits per heavy atom. The number of nitrogens with zero attached hydrogens (tertiary/aromatic N) is 4. The van der Waals surface area contributed by atoms with E-state index in [0.717, 1.165) is 4.31 Å². The molecular formula is C20H18FN5O4S. The second-order valence-electron chi connectivity index (χ2n) is 7.08. The maximum atomic E-state index is 13.4. The Kier molecular flexibility index (Phi) is 5.34. The first-order chi connectivity index (χ1) is 14.8. The summed E-state index contributed by atoms with van der Waals surface area (Å²) in [6, 6.07) is 11.1. The van der Waals surface area contributed by atoms with Crippen LogP contribution in [0.4, 0.5) is 10.1 Å². The van der Waals surface area contributed by atoms with E-state index in [1.165, 1.54) is 35.2 Å². The number of nitriles is 1. The first-order valence-corrected chi connectivity index (χ1v) is 10.8. The Labute approximate surface area is 177 Å². The summed E-state index contributed by atoms with van der Waals surface area (Å²) in [5, 5.41) is 9.97. The molecule has 1 fully saturated rings. The van der Waals surface area contributed by atoms with Gasteiger partial charge in [-0.3, -0.25) is 9.52 Å². The lowest BCUT2D eigenvalue weighted by Crippen LogP contribution is -2.34. The number of alkyl halides is 1. The molecule has 0 bridgehead atoms. The van der Waals surface area contributed by atoms with Crippen LogP contribution in [-0.4, -0.2) is 41.5 Å². The molecule has 1 N–H and O–H groups in total. The molecule has 1 aliphatic heterocycles. The molecule has 0 radical (unpaired) electrons. The average molecular weight is 443 g/mol. The summed E-state index contributed by atoms with van der Waals surface area (Å²) in [7, 11) is -2.44. The SMILES string of the molecule is Cn1cnc2ccc(Oc3cccc(NS(=O)(=O)N4CC[C@@H](F)C4)c3C#N)cc2c1=O. The second kappa shape index (κ2) is 7.98. The summed E-state index contributed by atoms with van der Waals surface area (Å²) in [5.41, 5.74) is 0.213. The first kappa shape index (κ1) is 20.8. The number of aryl methyl sites for hydroxylation is 1. The van der Waals surface area contributed by atoms with Gasteiger partial charge in [-0.05, 0) is 36.8 Å². The van der Waals surface area contributed by atoms with Crippen LogP contribution < -0.4 is 15.0 Å². The summed E-state index contributed by atoms with van der Waals surface area (Å²) in [6.07, 6.45) is 0.336. The number of benzene rings is 2. The number of aromatic nitrogens is 2. The van der Waals surface area contributed by atoms with Crippen LogP contribution in [0.25, 0.3) is 10.9 Å². The molecule has 11 heteroatoms. The zero-order valence-electron chi connectivity index (χ0n) is 16.4. The molecule has 0 amide bonds. The topological polar surface area (TPSA) is 117 Å². The number of fused-ring (bicyclic) bond motifs is 1. The highest BCUT2D eigenvalue weighted by Gasteiger charge is 2.32. The van der Waals surface area contributed by atoms with Gasteiger partial charge < -0.3 is 9.30 Å². The average Bonchev–Trinajstić information content (AvgIpc) is 3.18. The van der Waals surface area contributed by atoms with Crippen molar-refractivity contribution in [2.75, 3.05) is 17.8 Å². The second-order valence-corrected chi connectivity index (χ2v) is 8.75. The van der Waals surface area contributed by atoms with Crippen LogP contribution in [0.5, 0.6) is 11.5 Å². The Morgan fingerprint density at radius 3 is 2.84 bits per heavy atom. The van der Waals surface area contributed by atoms with Gasteiger partial charge in [-0.2, -0.15) is 18.0 Å². The van der Waals surface area contributed by atoms with E-state index in [1.807, 2.05) is 6.07 Å². The number of ether oxygens (including phenoxy) is 1. The Balaban J connectivity index is 1.66. The van der Waals surface area contributed by atoms with Crippen molar-refractivity contribution in [3.05, 3.63) is 58.6 Å². The van der Waals surface area contributed by atoms with Crippen molar-refractivity contribution in [3.8, 4) is 17.6 Å². The van der Waals surface area contributed by atoms with Gasteiger partial charge in [0.15, 0.2) is 0 Å². The van der Waals surface area contributed by atoms with Crippen molar-refractivity contribution in [3.63, 3.8) is 0 Å². The minimum absolute atomic E-state index is 0.0145. The highest BCUT2D eigenvalue weighted by Crippen LogP contribution is 2.32. The largest absolute Gasteiger partial charge is 0.456 e. The zero-order chi connectivity index (χ0) is 22.2. The fraction of sp³-hybridized carbons (Fsp3) is 0.250. The summed E-state index contributed by atoms with van der Waals surface area (Å²) in [4.78, 5) is 16.5. The lowest BCUT2D eigenvalue weighted by Gasteiger charge is -2.18. The predicted octanol–water partition coefficient (Wildman–Crippen LogP) is 2.30. The number of nitrogens with one attached hydrogen (secondary N) is 1. The van der Waals surface area contributed by atoms with Crippen molar-refractivity contribution in [2.24, 2.45) is 7.05 Å². The van der Waals surface area contributed by atoms with Crippen LogP contribution in [0.3, 0.4) is 0 Å². The number of hydrogen-bond donors (Lipinski definition) is 1. The Morgan fingerprint density at radius 1 is 1.32 bits per heavy atom. The molecule has 3 aromatic rings. The van der Waals surface area contributed by atoms with E-state index in [4.69, 9.17) is 4.74 Å². The highest BCUT2D eigenvalue weighted by atomic mass is 32.2. The third-order valence-electron chi connectivity index (χ3n) is 4.93. The molecule has 1 aromatic heterocycles. The van der Waals surface area contributed by atoms with Gasteiger partial charge in [-0.1, -0.05) is 6.07 Å². The molecule has 1 saturated heterocycles. The maximum Gasteiger partial charge on any atom is 0.301 e. The first-order valence-electron chi connectivity index (χ1n) is 9.37.